The van der Waals surface area contributed by atoms with Crippen molar-refractivity contribution in [3.05, 3.63) is 41.3 Å². The van der Waals surface area contributed by atoms with Gasteiger partial charge in [0.2, 0.25) is 0 Å². The summed E-state index contributed by atoms with van der Waals surface area (Å²) in [4.78, 5) is 11.5. The Hall–Kier alpha value is -2.08. The van der Waals surface area contributed by atoms with E-state index in [0.29, 0.717) is 5.69 Å². The van der Waals surface area contributed by atoms with Gasteiger partial charge in [0.15, 0.2) is 0 Å². The third-order valence-corrected chi connectivity index (χ3v) is 2.97. The van der Waals surface area contributed by atoms with E-state index < -0.39 is 0 Å². The molecule has 0 radical (unpaired) electrons. The number of fused-ring (bicyclic) bond motifs is 1. The number of nitrogens with zero attached hydrogens (tertiary/aromatic N) is 2. The van der Waals surface area contributed by atoms with Crippen molar-refractivity contribution < 1.29 is 0 Å². The smallest absolute Gasteiger partial charge is 0.143 e. The van der Waals surface area contributed by atoms with Gasteiger partial charge in [0, 0.05) is 11.4 Å². The highest BCUT2D eigenvalue weighted by Crippen LogP contribution is 2.26. The minimum Gasteiger partial charge on any atom is -0.399 e. The van der Waals surface area contributed by atoms with E-state index in [1.54, 1.807) is 0 Å². The minimum atomic E-state index is 0.709. The van der Waals surface area contributed by atoms with Gasteiger partial charge in [-0.25, -0.2) is 9.97 Å². The summed E-state index contributed by atoms with van der Waals surface area (Å²) in [5, 5.41) is 4.15. The zero-order chi connectivity index (χ0) is 12.5. The lowest BCUT2D eigenvalue weighted by molar-refractivity contribution is 1.19. The Bertz CT molecular complexity index is 707. The summed E-state index contributed by atoms with van der Waals surface area (Å²) in [5.74, 6) is 0.743. The number of anilines is 3. The van der Waals surface area contributed by atoms with E-state index >= 15 is 0 Å². The quantitative estimate of drug-likeness (QED) is 0.636. The van der Waals surface area contributed by atoms with Gasteiger partial charge in [-0.2, -0.15) is 0 Å². The predicted octanol–water partition coefficient (Wildman–Crippen LogP) is 3.05. The van der Waals surface area contributed by atoms with Gasteiger partial charge in [-0.15, -0.1) is 0 Å². The van der Waals surface area contributed by atoms with E-state index in [2.05, 4.69) is 36.2 Å². The average Bonchev–Trinajstić information content (AvgIpc) is 2.71. The zero-order valence-corrected chi connectivity index (χ0v) is 10.9. The highest BCUT2D eigenvalue weighted by Gasteiger charge is 2.06. The van der Waals surface area contributed by atoms with Crippen molar-refractivity contribution in [2.75, 3.05) is 11.1 Å². The van der Waals surface area contributed by atoms with Crippen LogP contribution in [-0.2, 0) is 0 Å². The van der Waals surface area contributed by atoms with Gasteiger partial charge in [-0.3, -0.25) is 0 Å². The SMILES string of the molecule is Nc1cccc(Nc2ncnc3[nH]c(Br)cc23)c1. The molecular formula is C12H10BrN5. The van der Waals surface area contributed by atoms with Crippen molar-refractivity contribution in [2.45, 2.75) is 0 Å². The first-order chi connectivity index (χ1) is 8.72. The molecule has 3 rings (SSSR count). The summed E-state index contributed by atoms with van der Waals surface area (Å²) in [6.07, 6.45) is 1.51. The lowest BCUT2D eigenvalue weighted by Gasteiger charge is -2.06. The lowest BCUT2D eigenvalue weighted by atomic mass is 10.2. The van der Waals surface area contributed by atoms with Crippen LogP contribution in [0.3, 0.4) is 0 Å². The second-order valence-corrected chi connectivity index (χ2v) is 4.71. The van der Waals surface area contributed by atoms with Crippen LogP contribution in [0.2, 0.25) is 0 Å². The summed E-state index contributed by atoms with van der Waals surface area (Å²) < 4.78 is 0.869. The number of rotatable bonds is 2. The normalized spacial score (nSPS) is 10.7. The van der Waals surface area contributed by atoms with E-state index in [9.17, 15) is 0 Å². The largest absolute Gasteiger partial charge is 0.399 e. The number of aromatic amines is 1. The average molecular weight is 304 g/mol. The van der Waals surface area contributed by atoms with Crippen LogP contribution in [0.4, 0.5) is 17.2 Å². The number of halogens is 1. The maximum atomic E-state index is 5.74. The van der Waals surface area contributed by atoms with Crippen molar-refractivity contribution in [3.63, 3.8) is 0 Å². The molecule has 0 aliphatic carbocycles. The number of nitrogens with one attached hydrogen (secondary N) is 2. The molecule has 2 aromatic heterocycles. The molecule has 0 unspecified atom stereocenters. The van der Waals surface area contributed by atoms with E-state index in [1.807, 2.05) is 30.3 Å². The highest BCUT2D eigenvalue weighted by atomic mass is 79.9. The van der Waals surface area contributed by atoms with Crippen LogP contribution >= 0.6 is 15.9 Å². The molecule has 90 valence electrons. The van der Waals surface area contributed by atoms with E-state index in [4.69, 9.17) is 5.73 Å². The fourth-order valence-electron chi connectivity index (χ4n) is 1.76. The van der Waals surface area contributed by atoms with Gasteiger partial charge in [-0.05, 0) is 40.2 Å². The molecule has 0 bridgehead atoms. The van der Waals surface area contributed by atoms with Crippen LogP contribution in [-0.4, -0.2) is 15.0 Å². The lowest BCUT2D eigenvalue weighted by Crippen LogP contribution is -1.95. The van der Waals surface area contributed by atoms with Crippen molar-refractivity contribution in [3.8, 4) is 0 Å². The van der Waals surface area contributed by atoms with Gasteiger partial charge < -0.3 is 16.0 Å². The fourth-order valence-corrected chi connectivity index (χ4v) is 2.18. The molecule has 0 spiro atoms. The summed E-state index contributed by atoms with van der Waals surface area (Å²) >= 11 is 3.38. The Morgan fingerprint density at radius 2 is 2.11 bits per heavy atom. The number of hydrogen-bond donors (Lipinski definition) is 3. The molecule has 0 amide bonds. The van der Waals surface area contributed by atoms with Crippen LogP contribution in [0.25, 0.3) is 11.0 Å². The third kappa shape index (κ3) is 2.02. The molecule has 3 aromatic rings. The monoisotopic (exact) mass is 303 g/mol. The first-order valence-electron chi connectivity index (χ1n) is 5.34. The van der Waals surface area contributed by atoms with Crippen LogP contribution < -0.4 is 11.1 Å². The second-order valence-electron chi connectivity index (χ2n) is 3.85. The summed E-state index contributed by atoms with van der Waals surface area (Å²) in [6, 6.07) is 9.46. The van der Waals surface area contributed by atoms with E-state index in [-0.39, 0.29) is 0 Å². The van der Waals surface area contributed by atoms with Gasteiger partial charge in [0.25, 0.3) is 0 Å². The Balaban J connectivity index is 2.04. The number of nitrogen functional groups attached to an aromatic ring is 1. The number of aromatic nitrogens is 3. The van der Waals surface area contributed by atoms with Gasteiger partial charge >= 0.3 is 0 Å². The maximum absolute atomic E-state index is 5.74. The number of H-pyrrole nitrogens is 1. The maximum Gasteiger partial charge on any atom is 0.143 e. The van der Waals surface area contributed by atoms with Crippen LogP contribution in [0.15, 0.2) is 41.3 Å². The fraction of sp³-hybridized carbons (Fsp3) is 0. The molecular weight excluding hydrogens is 294 g/mol. The number of benzene rings is 1. The Morgan fingerprint density at radius 3 is 2.94 bits per heavy atom. The van der Waals surface area contributed by atoms with Gasteiger partial charge in [0.05, 0.1) is 9.99 Å². The topological polar surface area (TPSA) is 79.6 Å². The number of nitrogens with two attached hydrogens (primary N) is 1. The Kier molecular flexibility index (Phi) is 2.64. The Morgan fingerprint density at radius 1 is 1.22 bits per heavy atom. The summed E-state index contributed by atoms with van der Waals surface area (Å²) in [7, 11) is 0. The first kappa shape index (κ1) is 11.0. The third-order valence-electron chi connectivity index (χ3n) is 2.54. The second kappa shape index (κ2) is 4.30. The molecule has 0 saturated carbocycles. The molecule has 2 heterocycles. The van der Waals surface area contributed by atoms with E-state index in [1.165, 1.54) is 6.33 Å². The van der Waals surface area contributed by atoms with Crippen LogP contribution in [0.5, 0.6) is 0 Å². The molecule has 4 N–H and O–H groups in total. The summed E-state index contributed by atoms with van der Waals surface area (Å²) in [5.41, 5.74) is 8.13. The number of hydrogen-bond acceptors (Lipinski definition) is 4. The van der Waals surface area contributed by atoms with Crippen molar-refractivity contribution in [1.29, 1.82) is 0 Å². The predicted molar refractivity (Wildman–Crippen MR) is 75.7 cm³/mol. The van der Waals surface area contributed by atoms with Gasteiger partial charge in [-0.1, -0.05) is 6.07 Å². The minimum absolute atomic E-state index is 0.709. The molecule has 0 saturated heterocycles. The summed E-state index contributed by atoms with van der Waals surface area (Å²) in [6.45, 7) is 0. The van der Waals surface area contributed by atoms with Crippen molar-refractivity contribution in [2.24, 2.45) is 0 Å². The molecule has 0 fully saturated rings. The molecule has 0 aliphatic heterocycles. The molecule has 6 heteroatoms. The first-order valence-corrected chi connectivity index (χ1v) is 6.13. The van der Waals surface area contributed by atoms with E-state index in [0.717, 1.165) is 27.1 Å². The van der Waals surface area contributed by atoms with Crippen molar-refractivity contribution >= 4 is 44.2 Å². The highest BCUT2D eigenvalue weighted by molar-refractivity contribution is 9.10. The van der Waals surface area contributed by atoms with Crippen molar-refractivity contribution in [1.82, 2.24) is 15.0 Å². The Labute approximate surface area is 112 Å². The standard InChI is InChI=1S/C12H10BrN5/c13-10-5-9-11(15-6-16-12(9)18-10)17-8-3-1-2-7(14)4-8/h1-6H,14H2,(H2,15,16,17,18). The molecule has 18 heavy (non-hydrogen) atoms. The molecule has 1 aromatic carbocycles. The van der Waals surface area contributed by atoms with Crippen LogP contribution in [0, 0.1) is 0 Å². The zero-order valence-electron chi connectivity index (χ0n) is 9.31. The molecule has 0 atom stereocenters. The molecule has 0 aliphatic rings. The molecule has 5 nitrogen and oxygen atoms in total. The van der Waals surface area contributed by atoms with Gasteiger partial charge in [0.1, 0.15) is 17.8 Å². The van der Waals surface area contributed by atoms with Crippen LogP contribution in [0.1, 0.15) is 0 Å².